The lowest BCUT2D eigenvalue weighted by molar-refractivity contribution is -0.188. The average molecular weight is 470 g/mol. The van der Waals surface area contributed by atoms with Crippen molar-refractivity contribution in [3.63, 3.8) is 0 Å². The van der Waals surface area contributed by atoms with Crippen LogP contribution in [0.15, 0.2) is 29.0 Å². The van der Waals surface area contributed by atoms with Gasteiger partial charge in [0.25, 0.3) is 0 Å². The zero-order chi connectivity index (χ0) is 24.1. The maximum atomic E-state index is 6.52. The first-order chi connectivity index (χ1) is 16.3. The maximum Gasteiger partial charge on any atom is 0.177 e. The van der Waals surface area contributed by atoms with E-state index in [1.807, 2.05) is 0 Å². The van der Waals surface area contributed by atoms with Gasteiger partial charge in [0.2, 0.25) is 0 Å². The molecule has 34 heavy (non-hydrogen) atoms. The third kappa shape index (κ3) is 4.01. The Morgan fingerprint density at radius 3 is 2.71 bits per heavy atom. The molecule has 1 aliphatic heterocycles. The third-order valence-electron chi connectivity index (χ3n) is 11.0. The summed E-state index contributed by atoms with van der Waals surface area (Å²) < 4.78 is 12.8. The summed E-state index contributed by atoms with van der Waals surface area (Å²) in [6, 6.07) is 0. The van der Waals surface area contributed by atoms with Crippen LogP contribution in [0.3, 0.4) is 0 Å². The molecule has 0 aromatic rings. The van der Waals surface area contributed by atoms with Gasteiger partial charge in [0, 0.05) is 11.8 Å². The van der Waals surface area contributed by atoms with Gasteiger partial charge in [0.05, 0.1) is 17.9 Å². The van der Waals surface area contributed by atoms with Gasteiger partial charge in [0.1, 0.15) is 7.11 Å². The van der Waals surface area contributed by atoms with E-state index in [4.69, 9.17) is 14.3 Å². The van der Waals surface area contributed by atoms with Crippen LogP contribution in [0.2, 0.25) is 0 Å². The van der Waals surface area contributed by atoms with E-state index in [1.165, 1.54) is 44.2 Å². The van der Waals surface area contributed by atoms with E-state index < -0.39 is 0 Å². The van der Waals surface area contributed by atoms with Crippen molar-refractivity contribution >= 4 is 5.71 Å². The highest BCUT2D eigenvalue weighted by molar-refractivity contribution is 5.85. The molecule has 5 rings (SSSR count). The molecular formula is C30H47NO3. The number of hydrogen-bond donors (Lipinski definition) is 0. The van der Waals surface area contributed by atoms with Gasteiger partial charge in [-0.1, -0.05) is 50.6 Å². The van der Waals surface area contributed by atoms with Gasteiger partial charge < -0.3 is 14.3 Å². The molecule has 0 spiro atoms. The highest BCUT2D eigenvalue weighted by Crippen LogP contribution is 2.66. The topological polar surface area (TPSA) is 40.0 Å². The van der Waals surface area contributed by atoms with Crippen molar-refractivity contribution < 1.29 is 14.3 Å². The van der Waals surface area contributed by atoms with Crippen molar-refractivity contribution in [2.24, 2.45) is 45.6 Å². The molecule has 0 N–H and O–H groups in total. The molecule has 0 aromatic heterocycles. The normalized spacial score (nSPS) is 48.5. The zero-order valence-corrected chi connectivity index (χ0v) is 22.4. The number of allylic oxidation sites excluding steroid dienone is 1. The lowest BCUT2D eigenvalue weighted by atomic mass is 9.47. The minimum Gasteiger partial charge on any atom is -0.399 e. The second-order valence-electron chi connectivity index (χ2n) is 12.5. The monoisotopic (exact) mass is 469 g/mol. The first-order valence-corrected chi connectivity index (χ1v) is 14.1. The van der Waals surface area contributed by atoms with E-state index >= 15 is 0 Å². The molecule has 4 nitrogen and oxygen atoms in total. The standard InChI is InChI=1S/C30H47NO3/c1-7-27-19(2)8-13-28(34-27)33-22-14-16-29(4)21(18-22)9-10-23-25-12-11-24(20(3)31-32-6)30(25,5)17-15-26(23)29/h8-9,13,19,22-28H,7,10-12,14-18H2,1-6H3/b31-20+/t19-,22-,23?,24+,25?,26?,27+,28?,29-,30+/m0/s1. The smallest absolute Gasteiger partial charge is 0.177 e. The van der Waals surface area contributed by atoms with Gasteiger partial charge in [-0.05, 0) is 99.4 Å². The molecule has 4 heteroatoms. The van der Waals surface area contributed by atoms with Crippen molar-refractivity contribution in [2.75, 3.05) is 7.11 Å². The van der Waals surface area contributed by atoms with Gasteiger partial charge >= 0.3 is 0 Å². The van der Waals surface area contributed by atoms with Crippen LogP contribution >= 0.6 is 0 Å². The second kappa shape index (κ2) is 9.39. The van der Waals surface area contributed by atoms with Crippen molar-refractivity contribution in [2.45, 2.75) is 111 Å². The Morgan fingerprint density at radius 1 is 1.12 bits per heavy atom. The summed E-state index contributed by atoms with van der Waals surface area (Å²) >= 11 is 0. The highest BCUT2D eigenvalue weighted by atomic mass is 16.7. The van der Waals surface area contributed by atoms with Crippen molar-refractivity contribution in [3.05, 3.63) is 23.8 Å². The van der Waals surface area contributed by atoms with Gasteiger partial charge in [0.15, 0.2) is 6.29 Å². The van der Waals surface area contributed by atoms with E-state index in [0.717, 1.165) is 37.0 Å². The number of nitrogens with zero attached hydrogens (tertiary/aromatic N) is 1. The van der Waals surface area contributed by atoms with Crippen LogP contribution < -0.4 is 0 Å². The lowest BCUT2D eigenvalue weighted by Crippen LogP contribution is -2.51. The Kier molecular flexibility index (Phi) is 6.78. The summed E-state index contributed by atoms with van der Waals surface area (Å²) in [5.74, 6) is 3.52. The summed E-state index contributed by atoms with van der Waals surface area (Å²) in [7, 11) is 1.68. The molecule has 3 fully saturated rings. The zero-order valence-electron chi connectivity index (χ0n) is 22.4. The molecule has 0 aromatic carbocycles. The van der Waals surface area contributed by atoms with Crippen LogP contribution in [0, 0.1) is 40.4 Å². The minimum atomic E-state index is -0.171. The molecule has 4 aliphatic carbocycles. The van der Waals surface area contributed by atoms with Crippen LogP contribution in [0.25, 0.3) is 0 Å². The Balaban J connectivity index is 1.29. The Bertz CT molecular complexity index is 848. The SMILES string of the molecule is CC[C@H]1OC(O[C@H]2CC[C@@]3(C)C(=CCC4C3CC[C@@]3(C)C4CC[C@@H]3/C(C)=N/OC)C2)C=C[C@@H]1C. The summed E-state index contributed by atoms with van der Waals surface area (Å²) in [6.07, 6.45) is 18.6. The Labute approximate surface area is 207 Å². The molecule has 1 heterocycles. The maximum absolute atomic E-state index is 6.52. The predicted molar refractivity (Wildman–Crippen MR) is 137 cm³/mol. The van der Waals surface area contributed by atoms with Crippen LogP contribution in [0.1, 0.15) is 92.4 Å². The number of oxime groups is 1. The van der Waals surface area contributed by atoms with Crippen LogP contribution in [-0.2, 0) is 14.3 Å². The fraction of sp³-hybridized carbons (Fsp3) is 0.833. The summed E-state index contributed by atoms with van der Waals surface area (Å²) in [5.41, 5.74) is 3.62. The number of rotatable bonds is 5. The third-order valence-corrected chi connectivity index (χ3v) is 11.0. The molecule has 0 saturated heterocycles. The van der Waals surface area contributed by atoms with E-state index in [-0.39, 0.29) is 18.5 Å². The second-order valence-corrected chi connectivity index (χ2v) is 12.5. The van der Waals surface area contributed by atoms with Gasteiger partial charge in [-0.15, -0.1) is 0 Å². The summed E-state index contributed by atoms with van der Waals surface area (Å²) in [5, 5.41) is 4.37. The van der Waals surface area contributed by atoms with Crippen LogP contribution in [0.4, 0.5) is 0 Å². The molecule has 0 amide bonds. The fourth-order valence-corrected chi connectivity index (χ4v) is 9.10. The lowest BCUT2D eigenvalue weighted by Gasteiger charge is -2.58. The first kappa shape index (κ1) is 24.6. The number of hydrogen-bond acceptors (Lipinski definition) is 4. The fourth-order valence-electron chi connectivity index (χ4n) is 9.10. The van der Waals surface area contributed by atoms with Crippen molar-refractivity contribution in [1.82, 2.24) is 0 Å². The summed E-state index contributed by atoms with van der Waals surface area (Å²) in [4.78, 5) is 5.17. The quantitative estimate of drug-likeness (QED) is 0.241. The van der Waals surface area contributed by atoms with Crippen molar-refractivity contribution in [1.29, 1.82) is 0 Å². The molecule has 0 bridgehead atoms. The molecule has 190 valence electrons. The molecule has 0 radical (unpaired) electrons. The summed E-state index contributed by atoms with van der Waals surface area (Å²) in [6.45, 7) is 11.8. The van der Waals surface area contributed by atoms with Crippen LogP contribution in [-0.4, -0.2) is 31.3 Å². The number of fused-ring (bicyclic) bond motifs is 5. The van der Waals surface area contributed by atoms with E-state index in [0.29, 0.717) is 22.7 Å². The largest absolute Gasteiger partial charge is 0.399 e. The minimum absolute atomic E-state index is 0.171. The van der Waals surface area contributed by atoms with Gasteiger partial charge in [-0.3, -0.25) is 0 Å². The average Bonchev–Trinajstić information content (AvgIpc) is 3.18. The van der Waals surface area contributed by atoms with Crippen LogP contribution in [0.5, 0.6) is 0 Å². The molecule has 5 aliphatic rings. The Morgan fingerprint density at radius 2 is 1.94 bits per heavy atom. The van der Waals surface area contributed by atoms with E-state index in [9.17, 15) is 0 Å². The Hall–Kier alpha value is -1.13. The molecule has 3 saturated carbocycles. The first-order valence-electron chi connectivity index (χ1n) is 14.1. The van der Waals surface area contributed by atoms with Crippen molar-refractivity contribution in [3.8, 4) is 0 Å². The molecular weight excluding hydrogens is 422 g/mol. The highest BCUT2D eigenvalue weighted by Gasteiger charge is 2.59. The van der Waals surface area contributed by atoms with Gasteiger partial charge in [-0.25, -0.2) is 0 Å². The predicted octanol–water partition coefficient (Wildman–Crippen LogP) is 7.30. The molecule has 10 atom stereocenters. The van der Waals surface area contributed by atoms with E-state index in [2.05, 4.69) is 58.0 Å². The van der Waals surface area contributed by atoms with Gasteiger partial charge in [-0.2, -0.15) is 0 Å². The molecule has 4 unspecified atom stereocenters. The van der Waals surface area contributed by atoms with E-state index in [1.54, 1.807) is 12.7 Å². The number of ether oxygens (including phenoxy) is 2.